The van der Waals surface area contributed by atoms with Crippen LogP contribution in [0.25, 0.3) is 0 Å². The third-order valence-corrected chi connectivity index (χ3v) is 6.03. The quantitative estimate of drug-likeness (QED) is 0.170. The highest BCUT2D eigenvalue weighted by Crippen LogP contribution is 2.28. The first-order valence-electron chi connectivity index (χ1n) is 13.2. The summed E-state index contributed by atoms with van der Waals surface area (Å²) in [6.45, 7) is 16.5. The van der Waals surface area contributed by atoms with Crippen LogP contribution in [0.4, 0.5) is 5.82 Å². The monoisotopic (exact) mass is 470 g/mol. The van der Waals surface area contributed by atoms with Crippen molar-refractivity contribution < 1.29 is 9.53 Å². The summed E-state index contributed by atoms with van der Waals surface area (Å²) in [5.41, 5.74) is 2.23. The molecule has 0 radical (unpaired) electrons. The third-order valence-electron chi connectivity index (χ3n) is 6.03. The third kappa shape index (κ3) is 10.7. The molecule has 0 amide bonds. The zero-order chi connectivity index (χ0) is 25.3. The van der Waals surface area contributed by atoms with Crippen LogP contribution < -0.4 is 9.64 Å². The normalized spacial score (nSPS) is 12.6. The topological polar surface area (TPSA) is 79.1 Å². The van der Waals surface area contributed by atoms with E-state index in [0.29, 0.717) is 31.4 Å². The molecule has 0 fully saturated rings. The summed E-state index contributed by atoms with van der Waals surface area (Å²) in [6.07, 6.45) is 10.4. The highest BCUT2D eigenvalue weighted by molar-refractivity contribution is 5.88. The van der Waals surface area contributed by atoms with Gasteiger partial charge in [0.05, 0.1) is 18.4 Å². The summed E-state index contributed by atoms with van der Waals surface area (Å²) in [6, 6.07) is 2.75. The molecule has 6 heteroatoms. The lowest BCUT2D eigenvalue weighted by Gasteiger charge is -2.29. The van der Waals surface area contributed by atoms with Gasteiger partial charge in [-0.1, -0.05) is 60.5 Å². The molecule has 34 heavy (non-hydrogen) atoms. The minimum absolute atomic E-state index is 0.0826. The average Bonchev–Trinajstić information content (AvgIpc) is 2.83. The maximum absolute atomic E-state index is 11.6. The number of unbranched alkanes of at least 4 members (excludes halogenated alkanes) is 2. The zero-order valence-corrected chi connectivity index (χ0v) is 22.2. The Morgan fingerprint density at radius 2 is 1.91 bits per heavy atom. The van der Waals surface area contributed by atoms with Crippen molar-refractivity contribution in [2.75, 3.05) is 24.6 Å². The number of ketones is 1. The average molecular weight is 471 g/mol. The van der Waals surface area contributed by atoms with E-state index < -0.39 is 0 Å². The number of carbonyl (C=O) groups is 1. The summed E-state index contributed by atoms with van der Waals surface area (Å²) >= 11 is 0. The Hall–Kier alpha value is -2.42. The van der Waals surface area contributed by atoms with Crippen molar-refractivity contribution in [3.63, 3.8) is 0 Å². The number of aryl methyl sites for hydroxylation is 1. The molecule has 0 N–H and O–H groups in total. The number of hydrogen-bond acceptors (Lipinski definition) is 6. The van der Waals surface area contributed by atoms with Crippen LogP contribution in [0.2, 0.25) is 0 Å². The van der Waals surface area contributed by atoms with Gasteiger partial charge in [-0.25, -0.2) is 0 Å². The van der Waals surface area contributed by atoms with Gasteiger partial charge in [-0.2, -0.15) is 15.2 Å². The van der Waals surface area contributed by atoms with E-state index in [4.69, 9.17) is 14.7 Å². The number of allylic oxidation sites excluding steroid dienone is 1. The molecule has 0 bridgehead atoms. The fourth-order valence-electron chi connectivity index (χ4n) is 4.06. The number of anilines is 1. The minimum atomic E-state index is 0.0826. The van der Waals surface area contributed by atoms with E-state index in [9.17, 15) is 10.1 Å². The molecule has 0 saturated carbocycles. The highest BCUT2D eigenvalue weighted by atomic mass is 16.5. The second-order valence-corrected chi connectivity index (χ2v) is 9.46. The molecule has 1 rings (SSSR count). The Balaban J connectivity index is 3.22. The largest absolute Gasteiger partial charge is 0.463 e. The number of nitriles is 1. The van der Waals surface area contributed by atoms with Crippen LogP contribution in [-0.4, -0.2) is 35.4 Å². The van der Waals surface area contributed by atoms with Crippen molar-refractivity contribution in [3.8, 4) is 12.1 Å². The fourth-order valence-corrected chi connectivity index (χ4v) is 4.06. The SMILES string of the molecule is C=CC(=O)CCCCN(C[C@@H](C)CC#N)c1nc(OC[C@@H](C)CCCC)nc(CC)c1CCC. The van der Waals surface area contributed by atoms with E-state index in [1.165, 1.54) is 24.5 Å². The van der Waals surface area contributed by atoms with Crippen LogP contribution >= 0.6 is 0 Å². The van der Waals surface area contributed by atoms with Crippen molar-refractivity contribution in [2.24, 2.45) is 11.8 Å². The molecule has 0 aliphatic carbocycles. The molecule has 6 nitrogen and oxygen atoms in total. The number of hydrogen-bond donors (Lipinski definition) is 0. The summed E-state index contributed by atoms with van der Waals surface area (Å²) in [5, 5.41) is 9.21. The van der Waals surface area contributed by atoms with Gasteiger partial charge < -0.3 is 9.64 Å². The van der Waals surface area contributed by atoms with E-state index in [1.54, 1.807) is 0 Å². The lowest BCUT2D eigenvalue weighted by molar-refractivity contribution is -0.114. The van der Waals surface area contributed by atoms with Crippen LogP contribution in [0.5, 0.6) is 6.01 Å². The van der Waals surface area contributed by atoms with Crippen LogP contribution in [0, 0.1) is 23.2 Å². The zero-order valence-electron chi connectivity index (χ0n) is 22.2. The Morgan fingerprint density at radius 3 is 2.53 bits per heavy atom. The second-order valence-electron chi connectivity index (χ2n) is 9.46. The van der Waals surface area contributed by atoms with Crippen molar-refractivity contribution >= 4 is 11.6 Å². The molecule has 0 spiro atoms. The van der Waals surface area contributed by atoms with E-state index in [2.05, 4.69) is 52.2 Å². The molecule has 0 unspecified atom stereocenters. The van der Waals surface area contributed by atoms with Gasteiger partial charge in [0, 0.05) is 31.5 Å². The molecule has 1 heterocycles. The molecular formula is C28H46N4O2. The Kier molecular flexibility index (Phi) is 14.9. The molecule has 1 aromatic rings. The van der Waals surface area contributed by atoms with Crippen molar-refractivity contribution in [3.05, 3.63) is 23.9 Å². The minimum Gasteiger partial charge on any atom is -0.463 e. The van der Waals surface area contributed by atoms with E-state index in [0.717, 1.165) is 63.1 Å². The van der Waals surface area contributed by atoms with Gasteiger partial charge in [-0.05, 0) is 50.0 Å². The van der Waals surface area contributed by atoms with E-state index in [1.807, 2.05) is 0 Å². The first-order valence-corrected chi connectivity index (χ1v) is 13.2. The van der Waals surface area contributed by atoms with Crippen LogP contribution in [0.3, 0.4) is 0 Å². The van der Waals surface area contributed by atoms with Gasteiger partial charge in [0.2, 0.25) is 0 Å². The Labute approximate surface area is 207 Å². The first-order chi connectivity index (χ1) is 16.4. The van der Waals surface area contributed by atoms with Gasteiger partial charge in [0.1, 0.15) is 5.82 Å². The van der Waals surface area contributed by atoms with Crippen molar-refractivity contribution in [1.82, 2.24) is 9.97 Å². The van der Waals surface area contributed by atoms with Crippen molar-refractivity contribution in [1.29, 1.82) is 5.26 Å². The number of ether oxygens (including phenoxy) is 1. The smallest absolute Gasteiger partial charge is 0.318 e. The van der Waals surface area contributed by atoms with Crippen LogP contribution in [0.1, 0.15) is 97.2 Å². The number of rotatable bonds is 19. The van der Waals surface area contributed by atoms with Crippen molar-refractivity contribution in [2.45, 2.75) is 98.8 Å². The summed E-state index contributed by atoms with van der Waals surface area (Å²) in [5.74, 6) is 1.69. The Bertz CT molecular complexity index is 787. The molecule has 0 aliphatic heterocycles. The second kappa shape index (κ2) is 17.1. The van der Waals surface area contributed by atoms with Gasteiger partial charge >= 0.3 is 6.01 Å². The van der Waals surface area contributed by atoms with Gasteiger partial charge in [-0.15, -0.1) is 0 Å². The molecule has 0 aromatic carbocycles. The lowest BCUT2D eigenvalue weighted by Crippen LogP contribution is -2.32. The van der Waals surface area contributed by atoms with Gasteiger partial charge in [0.25, 0.3) is 0 Å². The molecule has 2 atom stereocenters. The van der Waals surface area contributed by atoms with E-state index >= 15 is 0 Å². The first kappa shape index (κ1) is 29.6. The summed E-state index contributed by atoms with van der Waals surface area (Å²) < 4.78 is 6.10. The summed E-state index contributed by atoms with van der Waals surface area (Å²) in [4.78, 5) is 23.6. The lowest BCUT2D eigenvalue weighted by atomic mass is 10.0. The number of nitrogens with zero attached hydrogens (tertiary/aromatic N) is 4. The van der Waals surface area contributed by atoms with E-state index in [-0.39, 0.29) is 11.7 Å². The molecule has 0 aliphatic rings. The number of carbonyl (C=O) groups excluding carboxylic acids is 1. The Morgan fingerprint density at radius 1 is 1.15 bits per heavy atom. The predicted octanol–water partition coefficient (Wildman–Crippen LogP) is 6.48. The maximum Gasteiger partial charge on any atom is 0.318 e. The number of aromatic nitrogens is 2. The molecule has 190 valence electrons. The molecule has 1 aromatic heterocycles. The maximum atomic E-state index is 11.6. The van der Waals surface area contributed by atoms with Crippen LogP contribution in [0.15, 0.2) is 12.7 Å². The summed E-state index contributed by atoms with van der Waals surface area (Å²) in [7, 11) is 0. The highest BCUT2D eigenvalue weighted by Gasteiger charge is 2.21. The molecular weight excluding hydrogens is 424 g/mol. The fraction of sp³-hybridized carbons (Fsp3) is 0.714. The standard InChI is InChI=1S/C28H46N4O2/c1-7-11-15-23(6)21-34-28-30-26(10-4)25(14-8-2)27(31-28)32(20-22(5)17-18-29)19-13-12-16-24(33)9-3/h9,22-23H,3,7-8,10-17,19-21H2,1-2,4-6H3/t22-,23-/m0/s1. The van der Waals surface area contributed by atoms with Crippen LogP contribution in [-0.2, 0) is 17.6 Å². The van der Waals surface area contributed by atoms with Gasteiger partial charge in [0.15, 0.2) is 5.78 Å². The van der Waals surface area contributed by atoms with Gasteiger partial charge in [-0.3, -0.25) is 4.79 Å². The molecule has 0 saturated heterocycles. The predicted molar refractivity (Wildman–Crippen MR) is 140 cm³/mol.